The zero-order chi connectivity index (χ0) is 37.9. The van der Waals surface area contributed by atoms with Crippen molar-refractivity contribution < 1.29 is 18.9 Å². The predicted molar refractivity (Wildman–Crippen MR) is 220 cm³/mol. The molecule has 8 rings (SSSR count). The first-order valence-electron chi connectivity index (χ1n) is 17.8. The van der Waals surface area contributed by atoms with E-state index in [1.54, 1.807) is 28.4 Å². The first kappa shape index (κ1) is 35.0. The number of amidine groups is 2. The van der Waals surface area contributed by atoms with Crippen LogP contribution >= 0.6 is 0 Å². The third kappa shape index (κ3) is 6.82. The summed E-state index contributed by atoms with van der Waals surface area (Å²) < 4.78 is 21.8. The average molecular weight is 723 g/mol. The van der Waals surface area contributed by atoms with Crippen LogP contribution in [0, 0.1) is 6.92 Å². The number of aliphatic imine (C=N–C) groups is 2. The van der Waals surface area contributed by atoms with Crippen LogP contribution in [0.3, 0.4) is 0 Å². The van der Waals surface area contributed by atoms with Gasteiger partial charge < -0.3 is 18.9 Å². The summed E-state index contributed by atoms with van der Waals surface area (Å²) in [5, 5.41) is 10.5. The van der Waals surface area contributed by atoms with E-state index >= 15 is 0 Å². The zero-order valence-electron chi connectivity index (χ0n) is 31.2. The van der Waals surface area contributed by atoms with Gasteiger partial charge in [-0.1, -0.05) is 42.5 Å². The lowest BCUT2D eigenvalue weighted by Crippen LogP contribution is -2.16. The van der Waals surface area contributed by atoms with Crippen LogP contribution in [0.15, 0.2) is 150 Å². The van der Waals surface area contributed by atoms with Crippen LogP contribution in [0.2, 0.25) is 0 Å². The Kier molecular flexibility index (Phi) is 9.62. The molecule has 0 atom stereocenters. The summed E-state index contributed by atoms with van der Waals surface area (Å²) >= 11 is 0. The minimum absolute atomic E-state index is 0.614. The minimum atomic E-state index is 0.614. The molecule has 270 valence electrons. The van der Waals surface area contributed by atoms with E-state index in [-0.39, 0.29) is 0 Å². The molecular weight excluding hydrogens is 685 g/mol. The molecule has 2 aliphatic rings. The third-order valence-electron chi connectivity index (χ3n) is 9.72. The second-order valence-corrected chi connectivity index (χ2v) is 12.9. The number of methoxy groups -OCH3 is 4. The van der Waals surface area contributed by atoms with Crippen LogP contribution in [-0.4, -0.2) is 40.1 Å². The lowest BCUT2D eigenvalue weighted by atomic mass is 9.90. The van der Waals surface area contributed by atoms with Crippen LogP contribution in [-0.2, 0) is 0 Å². The van der Waals surface area contributed by atoms with Crippen LogP contribution in [0.5, 0.6) is 23.0 Å². The Morgan fingerprint density at radius 1 is 0.345 bits per heavy atom. The Labute approximate surface area is 321 Å². The number of nitrogens with zero attached hydrogens (tertiary/aromatic N) is 4. The van der Waals surface area contributed by atoms with E-state index in [9.17, 15) is 0 Å². The number of aryl methyl sites for hydroxylation is 1. The Morgan fingerprint density at radius 3 is 1.09 bits per heavy atom. The Morgan fingerprint density at radius 2 is 0.691 bits per heavy atom. The highest BCUT2D eigenvalue weighted by Crippen LogP contribution is 2.40. The monoisotopic (exact) mass is 722 g/mol. The molecule has 0 aliphatic carbocycles. The normalized spacial score (nSPS) is 13.5. The van der Waals surface area contributed by atoms with Crippen LogP contribution in [0.4, 0.5) is 0 Å². The lowest BCUT2D eigenvalue weighted by Gasteiger charge is -2.17. The van der Waals surface area contributed by atoms with Gasteiger partial charge in [0.2, 0.25) is 0 Å². The molecule has 0 amide bonds. The molecule has 2 heterocycles. The van der Waals surface area contributed by atoms with Crippen molar-refractivity contribution in [1.82, 2.24) is 10.6 Å². The fourth-order valence-corrected chi connectivity index (χ4v) is 6.83. The summed E-state index contributed by atoms with van der Waals surface area (Å²) in [6.07, 6.45) is 0. The number of hydrogen-bond acceptors (Lipinski definition) is 6. The van der Waals surface area contributed by atoms with E-state index in [4.69, 9.17) is 39.6 Å². The van der Waals surface area contributed by atoms with Crippen molar-refractivity contribution in [2.24, 2.45) is 9.98 Å². The Hall–Kier alpha value is -7.06. The van der Waals surface area contributed by atoms with Crippen molar-refractivity contribution in [2.75, 3.05) is 28.4 Å². The predicted octanol–water partition coefficient (Wildman–Crippen LogP) is 9.48. The maximum absolute atomic E-state index is 5.45. The Balaban J connectivity index is 1.22. The highest BCUT2D eigenvalue weighted by molar-refractivity contribution is 6.20. The van der Waals surface area contributed by atoms with Gasteiger partial charge in [0.05, 0.1) is 51.2 Å². The van der Waals surface area contributed by atoms with Crippen molar-refractivity contribution in [3.8, 4) is 34.1 Å². The van der Waals surface area contributed by atoms with E-state index in [1.807, 2.05) is 109 Å². The smallest absolute Gasteiger partial charge is 0.161 e. The fraction of sp³-hybridized carbons (Fsp3) is 0.106. The average Bonchev–Trinajstić information content (AvgIpc) is 3.90. The molecule has 2 radical (unpaired) electrons. The summed E-state index contributed by atoms with van der Waals surface area (Å²) in [5.74, 6) is 4.31. The first-order chi connectivity index (χ1) is 27.0. The van der Waals surface area contributed by atoms with Gasteiger partial charge >= 0.3 is 0 Å². The van der Waals surface area contributed by atoms with E-state index in [1.165, 1.54) is 0 Å². The second kappa shape index (κ2) is 15.1. The highest BCUT2D eigenvalue weighted by Gasteiger charge is 2.29. The van der Waals surface area contributed by atoms with Crippen LogP contribution < -0.4 is 29.6 Å². The molecule has 0 unspecified atom stereocenters. The van der Waals surface area contributed by atoms with Gasteiger partial charge in [0, 0.05) is 33.4 Å². The van der Waals surface area contributed by atoms with Gasteiger partial charge in [-0.2, -0.15) is 0 Å². The molecule has 2 aliphatic heterocycles. The fourth-order valence-electron chi connectivity index (χ4n) is 6.83. The molecule has 8 nitrogen and oxygen atoms in total. The number of hydrogen-bond donors (Lipinski definition) is 0. The molecule has 0 fully saturated rings. The topological polar surface area (TPSA) is 89.8 Å². The molecule has 6 aromatic carbocycles. The minimum Gasteiger partial charge on any atom is -0.497 e. The maximum atomic E-state index is 5.45. The van der Waals surface area contributed by atoms with Gasteiger partial charge in [0.1, 0.15) is 23.0 Å². The van der Waals surface area contributed by atoms with E-state index in [2.05, 4.69) is 37.3 Å². The number of rotatable bonds is 11. The molecule has 0 bridgehead atoms. The lowest BCUT2D eigenvalue weighted by molar-refractivity contribution is 0.414. The van der Waals surface area contributed by atoms with Gasteiger partial charge in [-0.25, -0.2) is 20.6 Å². The van der Waals surface area contributed by atoms with Crippen LogP contribution in [0.25, 0.3) is 33.9 Å². The van der Waals surface area contributed by atoms with Crippen molar-refractivity contribution in [3.63, 3.8) is 0 Å². The van der Waals surface area contributed by atoms with Gasteiger partial charge in [-0.05, 0) is 121 Å². The number of ether oxygens (including phenoxy) is 4. The SMILES string of the molecule is COc1ccc(C2=C(c3ccc(OC)cc3)N=C(c3ccccc3-c3c(C)cccc3C3=NC(c4ccc(OC)cc4)=C(c4ccc(OC)cc4)[N]3)[N]2)cc1. The highest BCUT2D eigenvalue weighted by atomic mass is 16.5. The van der Waals surface area contributed by atoms with Crippen molar-refractivity contribution in [3.05, 3.63) is 178 Å². The summed E-state index contributed by atoms with van der Waals surface area (Å²) in [7, 11) is 6.65. The molecule has 0 saturated carbocycles. The van der Waals surface area contributed by atoms with E-state index in [0.717, 1.165) is 95.9 Å². The summed E-state index contributed by atoms with van der Waals surface area (Å²) in [5.41, 5.74) is 11.7. The summed E-state index contributed by atoms with van der Waals surface area (Å²) in [6, 6.07) is 46.1. The quantitative estimate of drug-likeness (QED) is 0.133. The third-order valence-corrected chi connectivity index (χ3v) is 9.72. The molecular formula is C47H38N4O4. The summed E-state index contributed by atoms with van der Waals surface area (Å²) in [4.78, 5) is 10.5. The molecule has 0 aromatic heterocycles. The van der Waals surface area contributed by atoms with Crippen LogP contribution in [0.1, 0.15) is 38.9 Å². The van der Waals surface area contributed by atoms with Crippen molar-refractivity contribution in [1.29, 1.82) is 0 Å². The molecule has 0 saturated heterocycles. The molecule has 6 aromatic rings. The molecule has 55 heavy (non-hydrogen) atoms. The number of benzene rings is 6. The molecule has 8 heteroatoms. The van der Waals surface area contributed by atoms with Gasteiger partial charge in [0.25, 0.3) is 0 Å². The van der Waals surface area contributed by atoms with Gasteiger partial charge in [-0.3, -0.25) is 0 Å². The van der Waals surface area contributed by atoms with Gasteiger partial charge in [-0.15, -0.1) is 0 Å². The summed E-state index contributed by atoms with van der Waals surface area (Å²) in [6.45, 7) is 2.12. The maximum Gasteiger partial charge on any atom is 0.161 e. The first-order valence-corrected chi connectivity index (χ1v) is 17.8. The zero-order valence-corrected chi connectivity index (χ0v) is 31.2. The second-order valence-electron chi connectivity index (χ2n) is 12.9. The standard InChI is InChI=1S/C47H38N4O4/c1-29-9-8-12-40(47-50-44(32-17-25-36(54-4)26-18-32)45(51-47)33-19-27-37(55-5)28-20-33)41(29)38-10-6-7-11-39(38)46-48-42(30-13-21-34(52-2)22-14-30)43(49-46)31-15-23-35(53-3)24-16-31/h6-28H,1-5H3. The van der Waals surface area contributed by atoms with E-state index in [0.29, 0.717) is 11.7 Å². The largest absolute Gasteiger partial charge is 0.497 e. The van der Waals surface area contributed by atoms with Crippen molar-refractivity contribution in [2.45, 2.75) is 6.92 Å². The Bertz CT molecular complexity index is 2500. The van der Waals surface area contributed by atoms with Crippen molar-refractivity contribution >= 4 is 34.5 Å². The molecule has 0 spiro atoms. The van der Waals surface area contributed by atoms with E-state index < -0.39 is 0 Å². The molecule has 0 N–H and O–H groups in total. The van der Waals surface area contributed by atoms with Gasteiger partial charge in [0.15, 0.2) is 11.7 Å².